The summed E-state index contributed by atoms with van der Waals surface area (Å²) in [4.78, 5) is 4.56. The Balaban J connectivity index is 1.58. The molecule has 20 heavy (non-hydrogen) atoms. The van der Waals surface area contributed by atoms with Crippen LogP contribution in [0.5, 0.6) is 0 Å². The first-order valence-electron chi connectivity index (χ1n) is 6.79. The van der Waals surface area contributed by atoms with Gasteiger partial charge in [-0.25, -0.2) is 9.67 Å². The van der Waals surface area contributed by atoms with Crippen LogP contribution in [0.4, 0.5) is 0 Å². The molecule has 1 saturated heterocycles. The summed E-state index contributed by atoms with van der Waals surface area (Å²) < 4.78 is 7.47. The fourth-order valence-electron chi connectivity index (χ4n) is 2.11. The molecule has 108 valence electrons. The van der Waals surface area contributed by atoms with Crippen molar-refractivity contribution in [3.8, 4) is 0 Å². The summed E-state index contributed by atoms with van der Waals surface area (Å²) in [5, 5.41) is 16.0. The van der Waals surface area contributed by atoms with E-state index in [2.05, 4.69) is 32.8 Å². The zero-order valence-corrected chi connectivity index (χ0v) is 13.0. The molecule has 3 heterocycles. The molecular weight excluding hydrogens is 294 g/mol. The smallest absolute Gasteiger partial charge is 0.209 e. The van der Waals surface area contributed by atoms with Crippen LogP contribution < -0.4 is 0 Å². The second-order valence-corrected chi connectivity index (χ2v) is 6.54. The van der Waals surface area contributed by atoms with Crippen molar-refractivity contribution >= 4 is 23.1 Å². The van der Waals surface area contributed by atoms with Crippen LogP contribution in [0.2, 0.25) is 0 Å². The number of rotatable bonds is 6. The van der Waals surface area contributed by atoms with Gasteiger partial charge in [0.15, 0.2) is 0 Å². The van der Waals surface area contributed by atoms with Crippen LogP contribution in [-0.2, 0) is 23.5 Å². The third-order valence-corrected chi connectivity index (χ3v) is 5.18. The predicted molar refractivity (Wildman–Crippen MR) is 77.8 cm³/mol. The molecule has 0 saturated carbocycles. The summed E-state index contributed by atoms with van der Waals surface area (Å²) in [6.07, 6.45) is 3.47. The zero-order valence-electron chi connectivity index (χ0n) is 11.4. The Bertz CT molecular complexity index is 550. The Kier molecular flexibility index (Phi) is 4.64. The van der Waals surface area contributed by atoms with Gasteiger partial charge in [-0.1, -0.05) is 18.7 Å². The molecule has 1 fully saturated rings. The number of aromatic nitrogens is 5. The van der Waals surface area contributed by atoms with Crippen molar-refractivity contribution < 1.29 is 4.74 Å². The lowest BCUT2D eigenvalue weighted by molar-refractivity contribution is 0.0912. The maximum Gasteiger partial charge on any atom is 0.209 e. The van der Waals surface area contributed by atoms with Crippen LogP contribution in [0.25, 0.3) is 0 Å². The highest BCUT2D eigenvalue weighted by molar-refractivity contribution is 7.98. The first-order chi connectivity index (χ1) is 9.85. The molecule has 0 bridgehead atoms. The lowest BCUT2D eigenvalue weighted by Gasteiger charge is -2.09. The van der Waals surface area contributed by atoms with Crippen LogP contribution >= 0.6 is 23.1 Å². The van der Waals surface area contributed by atoms with E-state index in [1.807, 2.05) is 4.68 Å². The molecule has 1 aliphatic heterocycles. The molecule has 0 aliphatic carbocycles. The number of thioether (sulfide) groups is 1. The summed E-state index contributed by atoms with van der Waals surface area (Å²) in [6.45, 7) is 3.72. The van der Waals surface area contributed by atoms with Crippen molar-refractivity contribution in [2.75, 3.05) is 6.61 Å². The van der Waals surface area contributed by atoms with Gasteiger partial charge in [-0.3, -0.25) is 0 Å². The Labute approximate surface area is 125 Å². The van der Waals surface area contributed by atoms with Crippen molar-refractivity contribution in [2.24, 2.45) is 0 Å². The van der Waals surface area contributed by atoms with Gasteiger partial charge in [0.2, 0.25) is 5.16 Å². The fraction of sp³-hybridized carbons (Fsp3) is 0.667. The molecule has 1 unspecified atom stereocenters. The second-order valence-electron chi connectivity index (χ2n) is 4.65. The van der Waals surface area contributed by atoms with Crippen molar-refractivity contribution in [1.82, 2.24) is 25.2 Å². The van der Waals surface area contributed by atoms with E-state index in [9.17, 15) is 0 Å². The van der Waals surface area contributed by atoms with Crippen molar-refractivity contribution in [1.29, 1.82) is 0 Å². The second kappa shape index (κ2) is 6.64. The quantitative estimate of drug-likeness (QED) is 0.762. The molecule has 0 N–H and O–H groups in total. The van der Waals surface area contributed by atoms with Crippen LogP contribution in [0.15, 0.2) is 10.5 Å². The Morgan fingerprint density at radius 2 is 2.50 bits per heavy atom. The van der Waals surface area contributed by atoms with Gasteiger partial charge in [0.1, 0.15) is 0 Å². The van der Waals surface area contributed by atoms with Gasteiger partial charge in [0, 0.05) is 17.7 Å². The minimum Gasteiger partial charge on any atom is -0.376 e. The largest absolute Gasteiger partial charge is 0.376 e. The number of aryl methyl sites for hydroxylation is 1. The lowest BCUT2D eigenvalue weighted by atomic mass is 10.2. The van der Waals surface area contributed by atoms with E-state index in [1.165, 1.54) is 5.01 Å². The van der Waals surface area contributed by atoms with Gasteiger partial charge >= 0.3 is 0 Å². The van der Waals surface area contributed by atoms with Gasteiger partial charge in [-0.2, -0.15) is 0 Å². The average Bonchev–Trinajstić information content (AvgIpc) is 3.19. The van der Waals surface area contributed by atoms with E-state index in [-0.39, 0.29) is 6.10 Å². The van der Waals surface area contributed by atoms with Gasteiger partial charge < -0.3 is 4.74 Å². The van der Waals surface area contributed by atoms with Gasteiger partial charge in [0.05, 0.1) is 23.4 Å². The molecule has 1 aliphatic rings. The minimum absolute atomic E-state index is 0.254. The van der Waals surface area contributed by atoms with Crippen molar-refractivity contribution in [2.45, 2.75) is 49.7 Å². The summed E-state index contributed by atoms with van der Waals surface area (Å²) in [7, 11) is 0. The average molecular weight is 311 g/mol. The number of tetrazole rings is 1. The first kappa shape index (κ1) is 14.0. The minimum atomic E-state index is 0.254. The topological polar surface area (TPSA) is 65.7 Å². The number of nitrogens with zero attached hydrogens (tertiary/aromatic N) is 5. The third-order valence-electron chi connectivity index (χ3n) is 3.15. The van der Waals surface area contributed by atoms with Crippen LogP contribution in [0.1, 0.15) is 30.5 Å². The fourth-order valence-corrected chi connectivity index (χ4v) is 3.74. The molecular formula is C12H17N5OS2. The van der Waals surface area contributed by atoms with Crippen LogP contribution in [-0.4, -0.2) is 37.9 Å². The SMILES string of the molecule is CCc1nc(CSc2nnnn2CC2CCCO2)cs1. The molecule has 6 nitrogen and oxygen atoms in total. The molecule has 0 spiro atoms. The van der Waals surface area contributed by atoms with Crippen molar-refractivity contribution in [3.63, 3.8) is 0 Å². The van der Waals surface area contributed by atoms with E-state index in [0.717, 1.165) is 49.0 Å². The number of ether oxygens (including phenoxy) is 1. The zero-order chi connectivity index (χ0) is 13.8. The molecule has 1 atom stereocenters. The standard InChI is InChI=1S/C12H17N5OS2/c1-2-11-13-9(7-19-11)8-20-12-14-15-16-17(12)6-10-4-3-5-18-10/h7,10H,2-6,8H2,1H3. The third kappa shape index (κ3) is 3.36. The molecule has 2 aromatic rings. The predicted octanol–water partition coefficient (Wildman–Crippen LogP) is 2.16. The molecule has 3 rings (SSSR count). The van der Waals surface area contributed by atoms with E-state index in [1.54, 1.807) is 23.1 Å². The maximum atomic E-state index is 5.63. The Morgan fingerprint density at radius 1 is 1.55 bits per heavy atom. The summed E-state index contributed by atoms with van der Waals surface area (Å²) in [6, 6.07) is 0. The monoisotopic (exact) mass is 311 g/mol. The Morgan fingerprint density at radius 3 is 3.25 bits per heavy atom. The number of hydrogen-bond acceptors (Lipinski definition) is 7. The van der Waals surface area contributed by atoms with E-state index < -0.39 is 0 Å². The molecule has 0 aromatic carbocycles. The van der Waals surface area contributed by atoms with E-state index in [4.69, 9.17) is 4.74 Å². The van der Waals surface area contributed by atoms with Gasteiger partial charge in [-0.15, -0.1) is 16.4 Å². The number of thiazole rings is 1. The summed E-state index contributed by atoms with van der Waals surface area (Å²) in [5.74, 6) is 0.808. The van der Waals surface area contributed by atoms with E-state index in [0.29, 0.717) is 0 Å². The highest BCUT2D eigenvalue weighted by Gasteiger charge is 2.19. The molecule has 0 radical (unpaired) electrons. The maximum absolute atomic E-state index is 5.63. The highest BCUT2D eigenvalue weighted by Crippen LogP contribution is 2.23. The summed E-state index contributed by atoms with van der Waals surface area (Å²) >= 11 is 3.34. The number of hydrogen-bond donors (Lipinski definition) is 0. The molecule has 0 amide bonds. The highest BCUT2D eigenvalue weighted by atomic mass is 32.2. The Hall–Kier alpha value is -0.990. The van der Waals surface area contributed by atoms with Crippen LogP contribution in [0, 0.1) is 0 Å². The van der Waals surface area contributed by atoms with Crippen LogP contribution in [0.3, 0.4) is 0 Å². The van der Waals surface area contributed by atoms with Gasteiger partial charge in [0.25, 0.3) is 0 Å². The van der Waals surface area contributed by atoms with Gasteiger partial charge in [-0.05, 0) is 29.7 Å². The molecule has 8 heteroatoms. The summed E-state index contributed by atoms with van der Waals surface area (Å²) in [5.41, 5.74) is 1.10. The lowest BCUT2D eigenvalue weighted by Crippen LogP contribution is -2.16. The van der Waals surface area contributed by atoms with E-state index >= 15 is 0 Å². The molecule has 2 aromatic heterocycles. The first-order valence-corrected chi connectivity index (χ1v) is 8.65. The van der Waals surface area contributed by atoms with Crippen molar-refractivity contribution in [3.05, 3.63) is 16.1 Å². The normalized spacial score (nSPS) is 18.8.